The molecule has 0 unspecified atom stereocenters. The molecule has 0 amide bonds. The first-order chi connectivity index (χ1) is 9.08. The molecule has 98 valence electrons. The smallest absolute Gasteiger partial charge is 0.283 e. The fourth-order valence-electron chi connectivity index (χ4n) is 1.51. The second kappa shape index (κ2) is 6.16. The van der Waals surface area contributed by atoms with Crippen molar-refractivity contribution < 1.29 is 9.66 Å². The molecule has 2 aromatic carbocycles. The minimum atomic E-state index is -0.423. The summed E-state index contributed by atoms with van der Waals surface area (Å²) in [6, 6.07) is 12.3. The van der Waals surface area contributed by atoms with E-state index in [1.807, 2.05) is 24.3 Å². The molecule has 4 nitrogen and oxygen atoms in total. The molecule has 0 saturated heterocycles. The summed E-state index contributed by atoms with van der Waals surface area (Å²) in [6.07, 6.45) is 0. The Morgan fingerprint density at radius 3 is 2.42 bits per heavy atom. The molecule has 0 bridgehead atoms. The summed E-state index contributed by atoms with van der Waals surface area (Å²) in [7, 11) is 0. The standard InChI is InChI=1S/C13H9Br2NO3/c14-10-4-6-11(7-5-10)19-8-9-2-1-3-12(13(9)15)16(17)18/h1-7H,8H2. The number of ether oxygens (including phenoxy) is 1. The van der Waals surface area contributed by atoms with Crippen molar-refractivity contribution in [3.05, 3.63) is 67.1 Å². The van der Waals surface area contributed by atoms with E-state index in [2.05, 4.69) is 31.9 Å². The third-order valence-corrected chi connectivity index (χ3v) is 3.91. The van der Waals surface area contributed by atoms with Crippen LogP contribution in [0.2, 0.25) is 0 Å². The number of benzene rings is 2. The number of nitro groups is 1. The van der Waals surface area contributed by atoms with E-state index in [0.717, 1.165) is 10.0 Å². The number of hydrogen-bond donors (Lipinski definition) is 0. The van der Waals surface area contributed by atoms with Gasteiger partial charge in [-0.05, 0) is 40.2 Å². The summed E-state index contributed by atoms with van der Waals surface area (Å²) in [6.45, 7) is 0.268. The van der Waals surface area contributed by atoms with Crippen molar-refractivity contribution in [3.8, 4) is 5.75 Å². The second-order valence-electron chi connectivity index (χ2n) is 3.75. The van der Waals surface area contributed by atoms with E-state index < -0.39 is 4.92 Å². The van der Waals surface area contributed by atoms with Gasteiger partial charge in [0.1, 0.15) is 16.8 Å². The van der Waals surface area contributed by atoms with E-state index >= 15 is 0 Å². The lowest BCUT2D eigenvalue weighted by atomic mass is 10.2. The molecule has 0 aliphatic carbocycles. The van der Waals surface area contributed by atoms with E-state index in [0.29, 0.717) is 10.2 Å². The molecule has 0 heterocycles. The zero-order chi connectivity index (χ0) is 13.8. The van der Waals surface area contributed by atoms with Gasteiger partial charge in [0.15, 0.2) is 0 Å². The molecule has 0 atom stereocenters. The quantitative estimate of drug-likeness (QED) is 0.565. The highest BCUT2D eigenvalue weighted by molar-refractivity contribution is 9.10. The van der Waals surface area contributed by atoms with E-state index in [4.69, 9.17) is 4.74 Å². The van der Waals surface area contributed by atoms with Gasteiger partial charge < -0.3 is 4.74 Å². The third kappa shape index (κ3) is 3.54. The van der Waals surface area contributed by atoms with Crippen LogP contribution in [0.5, 0.6) is 5.75 Å². The Labute approximate surface area is 126 Å². The van der Waals surface area contributed by atoms with Crippen molar-refractivity contribution in [2.24, 2.45) is 0 Å². The molecule has 0 aliphatic rings. The van der Waals surface area contributed by atoms with Crippen LogP contribution in [0.1, 0.15) is 5.56 Å². The number of nitro benzene ring substituents is 1. The van der Waals surface area contributed by atoms with Crippen LogP contribution in [0.4, 0.5) is 5.69 Å². The van der Waals surface area contributed by atoms with Gasteiger partial charge in [-0.25, -0.2) is 0 Å². The summed E-state index contributed by atoms with van der Waals surface area (Å²) in [5, 5.41) is 10.8. The van der Waals surface area contributed by atoms with Gasteiger partial charge in [0.2, 0.25) is 0 Å². The zero-order valence-corrected chi connectivity index (χ0v) is 12.8. The lowest BCUT2D eigenvalue weighted by molar-refractivity contribution is -0.385. The topological polar surface area (TPSA) is 52.4 Å². The summed E-state index contributed by atoms with van der Waals surface area (Å²) < 4.78 is 7.01. The van der Waals surface area contributed by atoms with Crippen LogP contribution in [-0.4, -0.2) is 4.92 Å². The first-order valence-electron chi connectivity index (χ1n) is 5.38. The molecule has 0 aliphatic heterocycles. The predicted molar refractivity (Wildman–Crippen MR) is 79.3 cm³/mol. The molecule has 19 heavy (non-hydrogen) atoms. The van der Waals surface area contributed by atoms with E-state index in [1.54, 1.807) is 12.1 Å². The first kappa shape index (κ1) is 14.0. The van der Waals surface area contributed by atoms with Crippen LogP contribution in [-0.2, 0) is 6.61 Å². The predicted octanol–water partition coefficient (Wildman–Crippen LogP) is 4.70. The molecule has 0 aromatic heterocycles. The van der Waals surface area contributed by atoms with Crippen LogP contribution in [0.25, 0.3) is 0 Å². The highest BCUT2D eigenvalue weighted by Crippen LogP contribution is 2.29. The molecular weight excluding hydrogens is 378 g/mol. The van der Waals surface area contributed by atoms with Gasteiger partial charge in [-0.2, -0.15) is 0 Å². The molecule has 0 N–H and O–H groups in total. The fraction of sp³-hybridized carbons (Fsp3) is 0.0769. The van der Waals surface area contributed by atoms with Gasteiger partial charge in [-0.15, -0.1) is 0 Å². The average molecular weight is 387 g/mol. The van der Waals surface area contributed by atoms with Crippen LogP contribution in [0.3, 0.4) is 0 Å². The number of nitrogens with zero attached hydrogens (tertiary/aromatic N) is 1. The van der Waals surface area contributed by atoms with Crippen LogP contribution in [0.15, 0.2) is 51.4 Å². The average Bonchev–Trinajstić information content (AvgIpc) is 2.39. The maximum absolute atomic E-state index is 10.8. The molecule has 2 aromatic rings. The minimum Gasteiger partial charge on any atom is -0.489 e. The lowest BCUT2D eigenvalue weighted by Crippen LogP contribution is -1.99. The maximum atomic E-state index is 10.8. The SMILES string of the molecule is O=[N+]([O-])c1cccc(COc2ccc(Br)cc2)c1Br. The molecule has 0 fully saturated rings. The van der Waals surface area contributed by atoms with E-state index in [1.165, 1.54) is 6.07 Å². The number of hydrogen-bond acceptors (Lipinski definition) is 3. The monoisotopic (exact) mass is 385 g/mol. The molecule has 0 radical (unpaired) electrons. The van der Waals surface area contributed by atoms with Crippen LogP contribution < -0.4 is 4.74 Å². The summed E-state index contributed by atoms with van der Waals surface area (Å²) in [5.41, 5.74) is 0.772. The Bertz CT molecular complexity index is 599. The van der Waals surface area contributed by atoms with Crippen molar-refractivity contribution in [1.82, 2.24) is 0 Å². The highest BCUT2D eigenvalue weighted by atomic mass is 79.9. The molecule has 0 spiro atoms. The van der Waals surface area contributed by atoms with Crippen LogP contribution >= 0.6 is 31.9 Å². The lowest BCUT2D eigenvalue weighted by Gasteiger charge is -2.08. The zero-order valence-electron chi connectivity index (χ0n) is 9.68. The molecular formula is C13H9Br2NO3. The van der Waals surface area contributed by atoms with E-state index in [-0.39, 0.29) is 12.3 Å². The first-order valence-corrected chi connectivity index (χ1v) is 6.96. The van der Waals surface area contributed by atoms with Crippen molar-refractivity contribution in [1.29, 1.82) is 0 Å². The largest absolute Gasteiger partial charge is 0.489 e. The summed E-state index contributed by atoms with van der Waals surface area (Å²) >= 11 is 6.58. The normalized spacial score (nSPS) is 10.2. The van der Waals surface area contributed by atoms with Gasteiger partial charge in [0, 0.05) is 16.1 Å². The minimum absolute atomic E-state index is 0.0388. The molecule has 0 saturated carbocycles. The van der Waals surface area contributed by atoms with Gasteiger partial charge in [0.05, 0.1) is 4.92 Å². The fourth-order valence-corrected chi connectivity index (χ4v) is 2.30. The van der Waals surface area contributed by atoms with Gasteiger partial charge in [-0.1, -0.05) is 28.1 Å². The molecule has 2 rings (SSSR count). The molecule has 6 heteroatoms. The van der Waals surface area contributed by atoms with E-state index in [9.17, 15) is 10.1 Å². The number of halogens is 2. The Hall–Kier alpha value is -1.40. The van der Waals surface area contributed by atoms with Gasteiger partial charge in [-0.3, -0.25) is 10.1 Å². The van der Waals surface area contributed by atoms with Gasteiger partial charge in [0.25, 0.3) is 5.69 Å². The van der Waals surface area contributed by atoms with Gasteiger partial charge >= 0.3 is 0 Å². The highest BCUT2D eigenvalue weighted by Gasteiger charge is 2.14. The summed E-state index contributed by atoms with van der Waals surface area (Å²) in [4.78, 5) is 10.4. The van der Waals surface area contributed by atoms with Crippen molar-refractivity contribution in [3.63, 3.8) is 0 Å². The number of rotatable bonds is 4. The maximum Gasteiger partial charge on any atom is 0.283 e. The van der Waals surface area contributed by atoms with Crippen molar-refractivity contribution in [2.45, 2.75) is 6.61 Å². The Morgan fingerprint density at radius 1 is 1.11 bits per heavy atom. The Kier molecular flexibility index (Phi) is 4.55. The second-order valence-corrected chi connectivity index (χ2v) is 5.46. The third-order valence-electron chi connectivity index (χ3n) is 2.46. The Morgan fingerprint density at radius 2 is 1.79 bits per heavy atom. The van der Waals surface area contributed by atoms with Crippen molar-refractivity contribution in [2.75, 3.05) is 0 Å². The van der Waals surface area contributed by atoms with Crippen molar-refractivity contribution >= 4 is 37.5 Å². The summed E-state index contributed by atoms with van der Waals surface area (Å²) in [5.74, 6) is 0.710. The van der Waals surface area contributed by atoms with Crippen LogP contribution in [0, 0.1) is 10.1 Å². The Balaban J connectivity index is 2.13.